The van der Waals surface area contributed by atoms with Crippen LogP contribution in [-0.4, -0.2) is 48.6 Å². The summed E-state index contributed by atoms with van der Waals surface area (Å²) in [6.07, 6.45) is 18.5. The Balaban J connectivity index is 1.60. The molecule has 5 nitrogen and oxygen atoms in total. The van der Waals surface area contributed by atoms with Crippen molar-refractivity contribution in [1.82, 2.24) is 5.06 Å². The zero-order valence-electron chi connectivity index (χ0n) is 18.0. The minimum absolute atomic E-state index is 0.225. The van der Waals surface area contributed by atoms with Crippen LogP contribution >= 0.6 is 0 Å². The monoisotopic (exact) mass is 395 g/mol. The third-order valence-electron chi connectivity index (χ3n) is 6.24. The van der Waals surface area contributed by atoms with Crippen molar-refractivity contribution in [2.45, 2.75) is 96.2 Å². The number of allylic oxidation sites excluding steroid dienone is 2. The molecule has 4 atom stereocenters. The second kappa shape index (κ2) is 13.3. The fraction of sp³-hybridized carbons (Fsp3) is 0.870. The Bertz CT molecular complexity index is 466. The number of hydroxylamine groups is 2. The first-order valence-electron chi connectivity index (χ1n) is 11.5. The van der Waals surface area contributed by atoms with E-state index in [0.29, 0.717) is 35.5 Å². The van der Waals surface area contributed by atoms with Gasteiger partial charge in [-0.05, 0) is 44.4 Å². The first-order valence-corrected chi connectivity index (χ1v) is 11.5. The Morgan fingerprint density at radius 3 is 2.54 bits per heavy atom. The van der Waals surface area contributed by atoms with E-state index in [1.807, 2.05) is 0 Å². The Kier molecular flexibility index (Phi) is 11.1. The van der Waals surface area contributed by atoms with Crippen molar-refractivity contribution in [2.24, 2.45) is 11.8 Å². The first-order chi connectivity index (χ1) is 13.6. The van der Waals surface area contributed by atoms with E-state index in [2.05, 4.69) is 19.1 Å². The highest BCUT2D eigenvalue weighted by Gasteiger charge is 2.48. The van der Waals surface area contributed by atoms with Gasteiger partial charge in [-0.15, -0.1) is 0 Å². The molecule has 1 amide bonds. The number of nitrogens with zero attached hydrogens (tertiary/aromatic N) is 1. The average Bonchev–Trinajstić information content (AvgIpc) is 3.28. The number of ether oxygens (including phenoxy) is 2. The number of carbonyl (C=O) groups is 1. The Morgan fingerprint density at radius 2 is 1.79 bits per heavy atom. The van der Waals surface area contributed by atoms with E-state index < -0.39 is 0 Å². The van der Waals surface area contributed by atoms with Gasteiger partial charge in [-0.2, -0.15) is 0 Å². The van der Waals surface area contributed by atoms with Crippen LogP contribution in [0.15, 0.2) is 12.2 Å². The number of amides is 1. The van der Waals surface area contributed by atoms with Gasteiger partial charge < -0.3 is 9.47 Å². The highest BCUT2D eigenvalue weighted by molar-refractivity contribution is 5.74. The summed E-state index contributed by atoms with van der Waals surface area (Å²) in [5, 5.41) is 9.72. The number of fused-ring (bicyclic) bond motifs is 2. The lowest BCUT2D eigenvalue weighted by molar-refractivity contribution is -0.159. The average molecular weight is 396 g/mol. The SMILES string of the molecule is CCCCCCCCOC[C@@H]1[C@H](C/C=C\CCCC(=O)N(C)O)[C@@H]2CC[C@H]1O2. The van der Waals surface area contributed by atoms with Crippen molar-refractivity contribution in [3.8, 4) is 0 Å². The Hall–Kier alpha value is -0.910. The van der Waals surface area contributed by atoms with Crippen LogP contribution in [0.4, 0.5) is 0 Å². The van der Waals surface area contributed by atoms with Gasteiger partial charge in [0.2, 0.25) is 5.91 Å². The molecule has 162 valence electrons. The molecule has 28 heavy (non-hydrogen) atoms. The summed E-state index contributed by atoms with van der Waals surface area (Å²) in [5.74, 6) is 0.885. The number of hydrogen-bond acceptors (Lipinski definition) is 4. The van der Waals surface area contributed by atoms with Gasteiger partial charge in [0.05, 0.1) is 18.8 Å². The largest absolute Gasteiger partial charge is 0.381 e. The van der Waals surface area contributed by atoms with Crippen LogP contribution in [0.3, 0.4) is 0 Å². The normalized spacial score (nSPS) is 26.4. The summed E-state index contributed by atoms with van der Waals surface area (Å²) in [6.45, 7) is 3.98. The molecule has 2 saturated heterocycles. The van der Waals surface area contributed by atoms with E-state index in [1.165, 1.54) is 58.4 Å². The van der Waals surface area contributed by atoms with Crippen LogP contribution in [-0.2, 0) is 14.3 Å². The number of carbonyl (C=O) groups excluding carboxylic acids is 1. The van der Waals surface area contributed by atoms with Gasteiger partial charge in [0.1, 0.15) is 0 Å². The molecule has 0 aromatic carbocycles. The third-order valence-corrected chi connectivity index (χ3v) is 6.24. The van der Waals surface area contributed by atoms with Crippen molar-refractivity contribution in [3.05, 3.63) is 12.2 Å². The van der Waals surface area contributed by atoms with Crippen molar-refractivity contribution >= 4 is 5.91 Å². The van der Waals surface area contributed by atoms with Crippen LogP contribution in [0.25, 0.3) is 0 Å². The summed E-state index contributed by atoms with van der Waals surface area (Å²) in [6, 6.07) is 0. The smallest absolute Gasteiger partial charge is 0.245 e. The predicted molar refractivity (Wildman–Crippen MR) is 111 cm³/mol. The second-order valence-corrected chi connectivity index (χ2v) is 8.48. The van der Waals surface area contributed by atoms with Crippen molar-refractivity contribution in [1.29, 1.82) is 0 Å². The maximum absolute atomic E-state index is 11.3. The topological polar surface area (TPSA) is 59.0 Å². The molecule has 0 aromatic rings. The lowest BCUT2D eigenvalue weighted by atomic mass is 9.78. The first kappa shape index (κ1) is 23.4. The molecule has 2 fully saturated rings. The summed E-state index contributed by atoms with van der Waals surface area (Å²) in [7, 11) is 1.38. The van der Waals surface area contributed by atoms with Gasteiger partial charge in [0, 0.05) is 26.0 Å². The highest BCUT2D eigenvalue weighted by Crippen LogP contribution is 2.45. The van der Waals surface area contributed by atoms with Gasteiger partial charge in [-0.3, -0.25) is 10.0 Å². The van der Waals surface area contributed by atoms with Crippen LogP contribution in [0.2, 0.25) is 0 Å². The molecule has 2 aliphatic rings. The molecule has 2 aliphatic heterocycles. The molecule has 5 heteroatoms. The number of hydrogen-bond donors (Lipinski definition) is 1. The fourth-order valence-corrected chi connectivity index (χ4v) is 4.54. The van der Waals surface area contributed by atoms with Crippen LogP contribution < -0.4 is 0 Å². The third kappa shape index (κ3) is 7.84. The molecule has 0 aliphatic carbocycles. The van der Waals surface area contributed by atoms with E-state index in [1.54, 1.807) is 0 Å². The molecule has 2 bridgehead atoms. The van der Waals surface area contributed by atoms with E-state index in [9.17, 15) is 4.79 Å². The van der Waals surface area contributed by atoms with Gasteiger partial charge >= 0.3 is 0 Å². The molecule has 0 saturated carbocycles. The molecule has 1 N–H and O–H groups in total. The quantitative estimate of drug-likeness (QED) is 0.181. The van der Waals surface area contributed by atoms with Crippen molar-refractivity contribution in [3.63, 3.8) is 0 Å². The van der Waals surface area contributed by atoms with Crippen LogP contribution in [0.5, 0.6) is 0 Å². The van der Waals surface area contributed by atoms with Crippen molar-refractivity contribution in [2.75, 3.05) is 20.3 Å². The zero-order chi connectivity index (χ0) is 20.2. The van der Waals surface area contributed by atoms with E-state index in [-0.39, 0.29) is 5.91 Å². The Labute approximate surface area is 171 Å². The van der Waals surface area contributed by atoms with Gasteiger partial charge in [0.25, 0.3) is 0 Å². The molecule has 2 rings (SSSR count). The fourth-order valence-electron chi connectivity index (χ4n) is 4.54. The maximum atomic E-state index is 11.3. The zero-order valence-corrected chi connectivity index (χ0v) is 18.0. The molecule has 0 radical (unpaired) electrons. The van der Waals surface area contributed by atoms with Crippen LogP contribution in [0.1, 0.15) is 84.0 Å². The minimum atomic E-state index is -0.225. The minimum Gasteiger partial charge on any atom is -0.381 e. The molecular formula is C23H41NO4. The lowest BCUT2D eigenvalue weighted by Crippen LogP contribution is -2.30. The summed E-state index contributed by atoms with van der Waals surface area (Å²) in [4.78, 5) is 11.3. The van der Waals surface area contributed by atoms with Crippen LogP contribution in [0, 0.1) is 11.8 Å². The Morgan fingerprint density at radius 1 is 1.07 bits per heavy atom. The molecule has 0 aromatic heterocycles. The molecular weight excluding hydrogens is 354 g/mol. The molecule has 0 unspecified atom stereocenters. The highest BCUT2D eigenvalue weighted by atomic mass is 16.5. The number of unbranched alkanes of at least 4 members (excludes halogenated alkanes) is 6. The van der Waals surface area contributed by atoms with Gasteiger partial charge in [0.15, 0.2) is 0 Å². The second-order valence-electron chi connectivity index (χ2n) is 8.48. The summed E-state index contributed by atoms with van der Waals surface area (Å²) >= 11 is 0. The van der Waals surface area contributed by atoms with Gasteiger partial charge in [-0.25, -0.2) is 5.06 Å². The van der Waals surface area contributed by atoms with E-state index >= 15 is 0 Å². The summed E-state index contributed by atoms with van der Waals surface area (Å²) in [5.41, 5.74) is 0. The van der Waals surface area contributed by atoms with E-state index in [0.717, 1.165) is 32.5 Å². The maximum Gasteiger partial charge on any atom is 0.245 e. The van der Waals surface area contributed by atoms with E-state index in [4.69, 9.17) is 14.7 Å². The summed E-state index contributed by atoms with van der Waals surface area (Å²) < 4.78 is 12.2. The predicted octanol–water partition coefficient (Wildman–Crippen LogP) is 5.12. The number of rotatable bonds is 15. The lowest BCUT2D eigenvalue weighted by Gasteiger charge is -2.27. The molecule has 0 spiro atoms. The van der Waals surface area contributed by atoms with Gasteiger partial charge in [-0.1, -0.05) is 51.2 Å². The van der Waals surface area contributed by atoms with Crippen molar-refractivity contribution < 1.29 is 19.5 Å². The standard InChI is InChI=1S/C23H41NO4/c1-3-4-5-6-9-12-17-27-18-20-19(21-15-16-22(20)28-21)13-10-7-8-11-14-23(25)24(2)26/h7,10,19-22,26H,3-6,8-9,11-18H2,1-2H3/b10-7-/t19-,20+,21-,22+/m0/s1. The molecule has 2 heterocycles.